The molecule has 1 atom stereocenters. The minimum atomic E-state index is -0.368. The lowest BCUT2D eigenvalue weighted by Crippen LogP contribution is -2.25. The Balaban J connectivity index is 2.05. The van der Waals surface area contributed by atoms with E-state index in [1.807, 2.05) is 12.1 Å². The fourth-order valence-electron chi connectivity index (χ4n) is 1.99. The molecule has 1 saturated carbocycles. The van der Waals surface area contributed by atoms with Crippen LogP contribution in [0.15, 0.2) is 24.3 Å². The average Bonchev–Trinajstić information content (AvgIpc) is 3.10. The summed E-state index contributed by atoms with van der Waals surface area (Å²) in [4.78, 5) is 2.42. The second-order valence-corrected chi connectivity index (χ2v) is 4.75. The maximum Gasteiger partial charge on any atom is 0.0761 e. The van der Waals surface area contributed by atoms with Gasteiger partial charge in [-0.3, -0.25) is 0 Å². The van der Waals surface area contributed by atoms with E-state index in [1.165, 1.54) is 25.1 Å². The summed E-state index contributed by atoms with van der Waals surface area (Å²) >= 11 is 0. The van der Waals surface area contributed by atoms with Gasteiger partial charge < -0.3 is 10.0 Å². The van der Waals surface area contributed by atoms with Crippen LogP contribution < -0.4 is 4.90 Å². The predicted octanol–water partition coefficient (Wildman–Crippen LogP) is 2.98. The number of aliphatic hydroxyl groups is 1. The molecule has 88 valence electrons. The highest BCUT2D eigenvalue weighted by Gasteiger charge is 2.23. The van der Waals surface area contributed by atoms with E-state index in [0.29, 0.717) is 0 Å². The minimum Gasteiger partial charge on any atom is -0.389 e. The van der Waals surface area contributed by atoms with Gasteiger partial charge in [-0.15, -0.1) is 0 Å². The topological polar surface area (TPSA) is 23.5 Å². The molecule has 1 aliphatic rings. The number of hydrogen-bond donors (Lipinski definition) is 1. The van der Waals surface area contributed by atoms with E-state index in [-0.39, 0.29) is 6.10 Å². The van der Waals surface area contributed by atoms with Gasteiger partial charge in [0.25, 0.3) is 0 Å². The Bertz CT molecular complexity index is 327. The number of anilines is 1. The molecule has 1 aliphatic carbocycles. The Morgan fingerprint density at radius 3 is 2.38 bits per heavy atom. The summed E-state index contributed by atoms with van der Waals surface area (Å²) < 4.78 is 0. The SMILES string of the molecule is CCN(CC1CC1)c1ccc(C(C)O)cc1. The molecule has 0 amide bonds. The summed E-state index contributed by atoms with van der Waals surface area (Å²) in [5, 5.41) is 9.45. The van der Waals surface area contributed by atoms with E-state index in [1.54, 1.807) is 6.92 Å². The number of nitrogens with zero attached hydrogens (tertiary/aromatic N) is 1. The number of aliphatic hydroxyl groups excluding tert-OH is 1. The molecular weight excluding hydrogens is 198 g/mol. The van der Waals surface area contributed by atoms with Crippen molar-refractivity contribution in [1.82, 2.24) is 0 Å². The summed E-state index contributed by atoms with van der Waals surface area (Å²) in [7, 11) is 0. The number of benzene rings is 1. The Hall–Kier alpha value is -1.02. The van der Waals surface area contributed by atoms with Gasteiger partial charge in [-0.25, -0.2) is 0 Å². The molecule has 2 heteroatoms. The summed E-state index contributed by atoms with van der Waals surface area (Å²) in [6, 6.07) is 8.28. The highest BCUT2D eigenvalue weighted by atomic mass is 16.3. The zero-order valence-electron chi connectivity index (χ0n) is 10.2. The van der Waals surface area contributed by atoms with Gasteiger partial charge in [0.2, 0.25) is 0 Å². The highest BCUT2D eigenvalue weighted by Crippen LogP contribution is 2.31. The van der Waals surface area contributed by atoms with Crippen molar-refractivity contribution in [2.24, 2.45) is 5.92 Å². The van der Waals surface area contributed by atoms with Crippen molar-refractivity contribution in [1.29, 1.82) is 0 Å². The third-order valence-corrected chi connectivity index (χ3v) is 3.30. The molecule has 0 aromatic heterocycles. The van der Waals surface area contributed by atoms with E-state index in [2.05, 4.69) is 24.0 Å². The van der Waals surface area contributed by atoms with E-state index >= 15 is 0 Å². The summed E-state index contributed by atoms with van der Waals surface area (Å²) in [5.41, 5.74) is 2.27. The van der Waals surface area contributed by atoms with Crippen LogP contribution in [0.3, 0.4) is 0 Å². The van der Waals surface area contributed by atoms with Gasteiger partial charge in [0.15, 0.2) is 0 Å². The maximum atomic E-state index is 9.45. The first-order valence-electron chi connectivity index (χ1n) is 6.23. The molecular formula is C14H21NO. The molecule has 0 radical (unpaired) electrons. The van der Waals surface area contributed by atoms with Gasteiger partial charge in [0.05, 0.1) is 6.10 Å². The standard InChI is InChI=1S/C14H21NO/c1-3-15(10-12-4-5-12)14-8-6-13(7-9-14)11(2)16/h6-9,11-12,16H,3-5,10H2,1-2H3. The van der Waals surface area contributed by atoms with Crippen molar-refractivity contribution in [3.8, 4) is 0 Å². The molecule has 1 unspecified atom stereocenters. The number of rotatable bonds is 5. The smallest absolute Gasteiger partial charge is 0.0761 e. The van der Waals surface area contributed by atoms with Crippen LogP contribution in [-0.4, -0.2) is 18.2 Å². The average molecular weight is 219 g/mol. The molecule has 1 aromatic rings. The minimum absolute atomic E-state index is 0.368. The first-order chi connectivity index (χ1) is 7.70. The van der Waals surface area contributed by atoms with E-state index < -0.39 is 0 Å². The molecule has 1 fully saturated rings. The monoisotopic (exact) mass is 219 g/mol. The highest BCUT2D eigenvalue weighted by molar-refractivity contribution is 5.48. The second kappa shape index (κ2) is 4.88. The Labute approximate surface area is 97.9 Å². The van der Waals surface area contributed by atoms with Gasteiger partial charge in [-0.05, 0) is 50.3 Å². The Kier molecular flexibility index (Phi) is 3.49. The lowest BCUT2D eigenvalue weighted by atomic mass is 10.1. The maximum absolute atomic E-state index is 9.45. The fraction of sp³-hybridized carbons (Fsp3) is 0.571. The van der Waals surface area contributed by atoms with Gasteiger partial charge >= 0.3 is 0 Å². The zero-order chi connectivity index (χ0) is 11.5. The van der Waals surface area contributed by atoms with Crippen molar-refractivity contribution in [3.63, 3.8) is 0 Å². The Morgan fingerprint density at radius 1 is 1.31 bits per heavy atom. The fourth-order valence-corrected chi connectivity index (χ4v) is 1.99. The molecule has 16 heavy (non-hydrogen) atoms. The largest absolute Gasteiger partial charge is 0.389 e. The van der Waals surface area contributed by atoms with Crippen molar-refractivity contribution >= 4 is 5.69 Å². The normalized spacial score (nSPS) is 17.2. The Morgan fingerprint density at radius 2 is 1.94 bits per heavy atom. The molecule has 0 spiro atoms. The van der Waals surface area contributed by atoms with Gasteiger partial charge in [0, 0.05) is 18.8 Å². The van der Waals surface area contributed by atoms with E-state index in [0.717, 1.165) is 18.0 Å². The van der Waals surface area contributed by atoms with E-state index in [9.17, 15) is 5.11 Å². The molecule has 0 bridgehead atoms. The molecule has 2 rings (SSSR count). The lowest BCUT2D eigenvalue weighted by molar-refractivity contribution is 0.199. The molecule has 2 nitrogen and oxygen atoms in total. The molecule has 0 aliphatic heterocycles. The molecule has 0 heterocycles. The zero-order valence-corrected chi connectivity index (χ0v) is 10.2. The third kappa shape index (κ3) is 2.76. The van der Waals surface area contributed by atoms with Crippen LogP contribution in [0.25, 0.3) is 0 Å². The van der Waals surface area contributed by atoms with Crippen LogP contribution in [0.4, 0.5) is 5.69 Å². The first-order valence-corrected chi connectivity index (χ1v) is 6.23. The summed E-state index contributed by atoms with van der Waals surface area (Å²) in [6.07, 6.45) is 2.41. The quantitative estimate of drug-likeness (QED) is 0.823. The van der Waals surface area contributed by atoms with Crippen molar-refractivity contribution in [3.05, 3.63) is 29.8 Å². The first kappa shape index (κ1) is 11.5. The van der Waals surface area contributed by atoms with Crippen LogP contribution in [0.2, 0.25) is 0 Å². The second-order valence-electron chi connectivity index (χ2n) is 4.75. The lowest BCUT2D eigenvalue weighted by Gasteiger charge is -2.23. The van der Waals surface area contributed by atoms with Crippen LogP contribution >= 0.6 is 0 Å². The van der Waals surface area contributed by atoms with Crippen molar-refractivity contribution < 1.29 is 5.11 Å². The van der Waals surface area contributed by atoms with Crippen molar-refractivity contribution in [2.45, 2.75) is 32.8 Å². The summed E-state index contributed by atoms with van der Waals surface area (Å²) in [5.74, 6) is 0.913. The predicted molar refractivity (Wildman–Crippen MR) is 67.7 cm³/mol. The molecule has 0 saturated heterocycles. The van der Waals surface area contributed by atoms with Gasteiger partial charge in [-0.1, -0.05) is 12.1 Å². The van der Waals surface area contributed by atoms with Crippen LogP contribution in [-0.2, 0) is 0 Å². The summed E-state index contributed by atoms with van der Waals surface area (Å²) in [6.45, 7) is 6.25. The van der Waals surface area contributed by atoms with Crippen LogP contribution in [0, 0.1) is 5.92 Å². The number of hydrogen-bond acceptors (Lipinski definition) is 2. The van der Waals surface area contributed by atoms with Gasteiger partial charge in [-0.2, -0.15) is 0 Å². The van der Waals surface area contributed by atoms with Crippen molar-refractivity contribution in [2.75, 3.05) is 18.0 Å². The van der Waals surface area contributed by atoms with Crippen LogP contribution in [0.1, 0.15) is 38.4 Å². The third-order valence-electron chi connectivity index (χ3n) is 3.30. The van der Waals surface area contributed by atoms with Crippen LogP contribution in [0.5, 0.6) is 0 Å². The molecule has 1 aromatic carbocycles. The van der Waals surface area contributed by atoms with E-state index in [4.69, 9.17) is 0 Å². The molecule has 1 N–H and O–H groups in total. The van der Waals surface area contributed by atoms with Gasteiger partial charge in [0.1, 0.15) is 0 Å².